The van der Waals surface area contributed by atoms with Crippen LogP contribution in [0.1, 0.15) is 41.0 Å². The normalized spacial score (nSPS) is 13.9. The minimum atomic E-state index is 0.450. The number of nitrogens with one attached hydrogen (secondary N) is 1. The third-order valence-corrected chi connectivity index (χ3v) is 2.28. The molecule has 0 aliphatic heterocycles. The van der Waals surface area contributed by atoms with Crippen molar-refractivity contribution in [1.82, 2.24) is 5.32 Å². The fraction of sp³-hybridized carbons (Fsp3) is 0.412. The van der Waals surface area contributed by atoms with Crippen LogP contribution < -0.4 is 5.32 Å². The Morgan fingerprint density at radius 2 is 1.83 bits per heavy atom. The molecule has 0 saturated heterocycles. The second kappa shape index (κ2) is 9.52. The zero-order valence-electron chi connectivity index (χ0n) is 12.5. The number of hydrogen-bond donors (Lipinski definition) is 1. The minimum Gasteiger partial charge on any atom is -0.386 e. The Morgan fingerprint density at radius 3 is 2.39 bits per heavy atom. The maximum Gasteiger partial charge on any atom is 0.0201 e. The Kier molecular flexibility index (Phi) is 8.73. The Morgan fingerprint density at radius 1 is 1.17 bits per heavy atom. The van der Waals surface area contributed by atoms with Crippen LogP contribution in [-0.4, -0.2) is 6.04 Å². The van der Waals surface area contributed by atoms with Crippen molar-refractivity contribution in [2.45, 2.75) is 47.1 Å². The van der Waals surface area contributed by atoms with Crippen molar-refractivity contribution in [3.63, 3.8) is 0 Å². The summed E-state index contributed by atoms with van der Waals surface area (Å²) in [4.78, 5) is 0. The molecule has 0 atom stereocenters. The fourth-order valence-corrected chi connectivity index (χ4v) is 1.50. The van der Waals surface area contributed by atoms with E-state index in [1.807, 2.05) is 25.2 Å². The van der Waals surface area contributed by atoms with Crippen molar-refractivity contribution in [2.24, 2.45) is 0 Å². The molecule has 0 saturated carbocycles. The van der Waals surface area contributed by atoms with E-state index in [0.717, 1.165) is 12.1 Å². The highest BCUT2D eigenvalue weighted by Gasteiger charge is 1.97. The molecule has 0 aromatic rings. The average Bonchev–Trinajstić information content (AvgIpc) is 2.25. The van der Waals surface area contributed by atoms with Crippen molar-refractivity contribution < 1.29 is 0 Å². The van der Waals surface area contributed by atoms with Crippen LogP contribution in [-0.2, 0) is 0 Å². The second-order valence-electron chi connectivity index (χ2n) is 4.89. The van der Waals surface area contributed by atoms with Crippen LogP contribution in [0.4, 0.5) is 0 Å². The van der Waals surface area contributed by atoms with Crippen molar-refractivity contribution in [2.75, 3.05) is 0 Å². The van der Waals surface area contributed by atoms with Crippen LogP contribution in [0.2, 0.25) is 0 Å². The molecule has 0 amide bonds. The summed E-state index contributed by atoms with van der Waals surface area (Å²) in [6.45, 7) is 14.5. The Balaban J connectivity index is 4.33. The molecule has 1 N–H and O–H groups in total. The summed E-state index contributed by atoms with van der Waals surface area (Å²) >= 11 is 0. The molecule has 0 aliphatic carbocycles. The maximum absolute atomic E-state index is 4.03. The third kappa shape index (κ3) is 9.71. The molecule has 0 aromatic heterocycles. The summed E-state index contributed by atoms with van der Waals surface area (Å²) in [5, 5.41) is 3.32. The van der Waals surface area contributed by atoms with E-state index in [9.17, 15) is 0 Å². The first-order valence-electron chi connectivity index (χ1n) is 6.53. The molecule has 0 bridgehead atoms. The predicted molar refractivity (Wildman–Crippen MR) is 83.5 cm³/mol. The third-order valence-electron chi connectivity index (χ3n) is 2.28. The van der Waals surface area contributed by atoms with Gasteiger partial charge in [-0.15, -0.1) is 0 Å². The molecule has 100 valence electrons. The van der Waals surface area contributed by atoms with Gasteiger partial charge in [0.1, 0.15) is 0 Å². The van der Waals surface area contributed by atoms with Crippen LogP contribution in [0.3, 0.4) is 0 Å². The lowest BCUT2D eigenvalue weighted by atomic mass is 10.1. The minimum absolute atomic E-state index is 0.450. The van der Waals surface area contributed by atoms with Gasteiger partial charge in [0.25, 0.3) is 0 Å². The highest BCUT2D eigenvalue weighted by molar-refractivity contribution is 5.26. The van der Waals surface area contributed by atoms with E-state index in [-0.39, 0.29) is 0 Å². The fourth-order valence-electron chi connectivity index (χ4n) is 1.50. The van der Waals surface area contributed by atoms with Gasteiger partial charge in [-0.2, -0.15) is 0 Å². The summed E-state index contributed by atoms with van der Waals surface area (Å²) in [6.07, 6.45) is 13.4. The van der Waals surface area contributed by atoms with E-state index in [0.29, 0.717) is 6.04 Å². The van der Waals surface area contributed by atoms with Crippen molar-refractivity contribution in [3.05, 3.63) is 59.9 Å². The summed E-state index contributed by atoms with van der Waals surface area (Å²) < 4.78 is 0. The van der Waals surface area contributed by atoms with Gasteiger partial charge in [-0.25, -0.2) is 0 Å². The Labute approximate surface area is 113 Å². The van der Waals surface area contributed by atoms with Gasteiger partial charge in [-0.05, 0) is 34.6 Å². The van der Waals surface area contributed by atoms with Gasteiger partial charge in [-0.1, -0.05) is 54.2 Å². The monoisotopic (exact) mass is 245 g/mol. The first kappa shape index (κ1) is 16.5. The zero-order valence-corrected chi connectivity index (χ0v) is 12.5. The van der Waals surface area contributed by atoms with E-state index in [1.165, 1.54) is 11.1 Å². The van der Waals surface area contributed by atoms with Crippen LogP contribution in [0.25, 0.3) is 0 Å². The highest BCUT2D eigenvalue weighted by atomic mass is 14.9. The quantitative estimate of drug-likeness (QED) is 0.628. The molecule has 0 radical (unpaired) electrons. The number of rotatable bonds is 7. The van der Waals surface area contributed by atoms with E-state index in [4.69, 9.17) is 0 Å². The molecule has 1 nitrogen and oxygen atoms in total. The van der Waals surface area contributed by atoms with Crippen LogP contribution in [0.5, 0.6) is 0 Å². The van der Waals surface area contributed by atoms with E-state index in [2.05, 4.69) is 57.8 Å². The number of allylic oxidation sites excluding steroid dienone is 8. The van der Waals surface area contributed by atoms with Gasteiger partial charge in [0.15, 0.2) is 0 Å². The predicted octanol–water partition coefficient (Wildman–Crippen LogP) is 4.91. The lowest BCUT2D eigenvalue weighted by Crippen LogP contribution is -2.21. The smallest absolute Gasteiger partial charge is 0.0201 e. The highest BCUT2D eigenvalue weighted by Crippen LogP contribution is 2.08. The average molecular weight is 245 g/mol. The molecule has 0 fully saturated rings. The molecule has 18 heavy (non-hydrogen) atoms. The van der Waals surface area contributed by atoms with Gasteiger partial charge in [0, 0.05) is 18.2 Å². The zero-order chi connectivity index (χ0) is 14.0. The molecule has 0 spiro atoms. The summed E-state index contributed by atoms with van der Waals surface area (Å²) in [7, 11) is 0. The Hall–Kier alpha value is -1.50. The SMILES string of the molecule is C=C(C/C(C)=C/C=C(C)/C=C\C=C/C)NC(C)C. The molecular weight excluding hydrogens is 218 g/mol. The van der Waals surface area contributed by atoms with Crippen LogP contribution in [0.15, 0.2) is 59.9 Å². The van der Waals surface area contributed by atoms with E-state index in [1.54, 1.807) is 0 Å². The van der Waals surface area contributed by atoms with Gasteiger partial charge in [0.05, 0.1) is 0 Å². The van der Waals surface area contributed by atoms with Gasteiger partial charge < -0.3 is 5.32 Å². The molecule has 0 unspecified atom stereocenters. The van der Waals surface area contributed by atoms with Crippen molar-refractivity contribution in [1.29, 1.82) is 0 Å². The maximum atomic E-state index is 4.03. The second-order valence-corrected chi connectivity index (χ2v) is 4.89. The largest absolute Gasteiger partial charge is 0.386 e. The molecular formula is C17H27N. The number of hydrogen-bond acceptors (Lipinski definition) is 1. The topological polar surface area (TPSA) is 12.0 Å². The van der Waals surface area contributed by atoms with E-state index >= 15 is 0 Å². The van der Waals surface area contributed by atoms with Crippen LogP contribution >= 0.6 is 0 Å². The molecule has 0 aromatic carbocycles. The standard InChI is InChI=1S/C17H27N/c1-7-8-9-10-15(4)11-12-16(5)13-17(6)18-14(2)3/h7-12,14,18H,6,13H2,1-5H3/b8-7-,10-9-,15-11+,16-12+. The van der Waals surface area contributed by atoms with Crippen molar-refractivity contribution in [3.8, 4) is 0 Å². The van der Waals surface area contributed by atoms with Gasteiger partial charge >= 0.3 is 0 Å². The lowest BCUT2D eigenvalue weighted by molar-refractivity contribution is 0.656. The lowest BCUT2D eigenvalue weighted by Gasteiger charge is -2.12. The first-order chi connectivity index (χ1) is 8.45. The first-order valence-corrected chi connectivity index (χ1v) is 6.53. The summed E-state index contributed by atoms with van der Waals surface area (Å²) in [5.41, 5.74) is 3.64. The molecule has 1 heteroatoms. The molecule has 0 heterocycles. The summed E-state index contributed by atoms with van der Waals surface area (Å²) in [6, 6.07) is 0.450. The molecule has 0 rings (SSSR count). The van der Waals surface area contributed by atoms with E-state index < -0.39 is 0 Å². The molecule has 0 aliphatic rings. The Bertz CT molecular complexity index is 365. The summed E-state index contributed by atoms with van der Waals surface area (Å²) in [5.74, 6) is 0. The van der Waals surface area contributed by atoms with Crippen LogP contribution in [0, 0.1) is 0 Å². The van der Waals surface area contributed by atoms with Crippen molar-refractivity contribution >= 4 is 0 Å². The van der Waals surface area contributed by atoms with Gasteiger partial charge in [0.2, 0.25) is 0 Å². The van der Waals surface area contributed by atoms with Gasteiger partial charge in [-0.3, -0.25) is 0 Å².